The number of halogens is 1. The standard InChI is InChI=1S/C31H32ClN5O3S/c1-6-40-25-14-12-21(16-26(25)39-5)28-27(29(38)34-24-13-11-18(2)15-19(24)3)20(4)33-30-35-31(36-37(28)30)41-17-22-9-7-8-10-23(22)32/h7-16,28H,6,17H2,1-5H3,(H,34,38)(H,33,35,36). The van der Waals surface area contributed by atoms with E-state index >= 15 is 0 Å². The number of benzene rings is 3. The first-order chi connectivity index (χ1) is 19.8. The Morgan fingerprint density at radius 3 is 2.63 bits per heavy atom. The minimum Gasteiger partial charge on any atom is -0.493 e. The van der Waals surface area contributed by atoms with Crippen LogP contribution in [0.4, 0.5) is 11.6 Å². The molecule has 0 saturated carbocycles. The van der Waals surface area contributed by atoms with Crippen LogP contribution in [-0.4, -0.2) is 34.4 Å². The molecule has 0 saturated heterocycles. The molecule has 2 heterocycles. The van der Waals surface area contributed by atoms with E-state index in [1.165, 1.54) is 11.8 Å². The number of aromatic nitrogens is 3. The van der Waals surface area contributed by atoms with Crippen LogP contribution in [0.25, 0.3) is 0 Å². The van der Waals surface area contributed by atoms with Crippen LogP contribution in [0.5, 0.6) is 11.5 Å². The molecule has 0 spiro atoms. The second-order valence-corrected chi connectivity index (χ2v) is 11.1. The molecule has 1 atom stereocenters. The normalized spacial score (nSPS) is 14.3. The number of thioether (sulfide) groups is 1. The fourth-order valence-corrected chi connectivity index (χ4v) is 5.94. The van der Waals surface area contributed by atoms with Crippen molar-refractivity contribution in [2.75, 3.05) is 24.4 Å². The zero-order valence-corrected chi connectivity index (χ0v) is 25.2. The molecular weight excluding hydrogens is 558 g/mol. The fourth-order valence-electron chi connectivity index (χ4n) is 4.83. The average molecular weight is 590 g/mol. The van der Waals surface area contributed by atoms with Gasteiger partial charge in [0.05, 0.1) is 19.3 Å². The van der Waals surface area contributed by atoms with Crippen molar-refractivity contribution in [2.45, 2.75) is 44.6 Å². The quantitative estimate of drug-likeness (QED) is 0.200. The Balaban J connectivity index is 1.54. The van der Waals surface area contributed by atoms with Crippen LogP contribution in [0, 0.1) is 13.8 Å². The predicted octanol–water partition coefficient (Wildman–Crippen LogP) is 7.18. The molecule has 1 amide bonds. The molecule has 8 nitrogen and oxygen atoms in total. The molecule has 1 aliphatic heterocycles. The Kier molecular flexibility index (Phi) is 8.56. The minimum atomic E-state index is -0.566. The number of methoxy groups -OCH3 is 1. The number of carbonyl (C=O) groups excluding carboxylic acids is 1. The van der Waals surface area contributed by atoms with E-state index in [1.54, 1.807) is 11.8 Å². The van der Waals surface area contributed by atoms with Crippen molar-refractivity contribution in [3.63, 3.8) is 0 Å². The van der Waals surface area contributed by atoms with Crippen LogP contribution in [-0.2, 0) is 10.5 Å². The minimum absolute atomic E-state index is 0.230. The molecule has 0 radical (unpaired) electrons. The van der Waals surface area contributed by atoms with Crippen LogP contribution >= 0.6 is 23.4 Å². The largest absolute Gasteiger partial charge is 0.493 e. The lowest BCUT2D eigenvalue weighted by Gasteiger charge is -2.29. The van der Waals surface area contributed by atoms with Crippen LogP contribution in [0.3, 0.4) is 0 Å². The van der Waals surface area contributed by atoms with E-state index < -0.39 is 6.04 Å². The molecule has 5 rings (SSSR count). The van der Waals surface area contributed by atoms with Crippen LogP contribution in [0.2, 0.25) is 5.02 Å². The number of allylic oxidation sites excluding steroid dienone is 1. The van der Waals surface area contributed by atoms with Crippen molar-refractivity contribution < 1.29 is 14.3 Å². The van der Waals surface area contributed by atoms with Gasteiger partial charge in [-0.15, -0.1) is 5.10 Å². The Labute approximate surface area is 249 Å². The summed E-state index contributed by atoms with van der Waals surface area (Å²) in [4.78, 5) is 18.7. The molecule has 1 unspecified atom stereocenters. The summed E-state index contributed by atoms with van der Waals surface area (Å²) in [5.74, 6) is 2.13. The third-order valence-corrected chi connectivity index (χ3v) is 8.08. The number of rotatable bonds is 9. The summed E-state index contributed by atoms with van der Waals surface area (Å²) in [7, 11) is 1.60. The lowest BCUT2D eigenvalue weighted by Crippen LogP contribution is -2.31. The van der Waals surface area contributed by atoms with Gasteiger partial charge >= 0.3 is 0 Å². The number of hydrogen-bond donors (Lipinski definition) is 2. The van der Waals surface area contributed by atoms with Gasteiger partial charge in [-0.3, -0.25) is 4.79 Å². The topological polar surface area (TPSA) is 90.3 Å². The number of aryl methyl sites for hydroxylation is 2. The zero-order chi connectivity index (χ0) is 29.1. The van der Waals surface area contributed by atoms with Gasteiger partial charge in [-0.25, -0.2) is 4.68 Å². The highest BCUT2D eigenvalue weighted by Crippen LogP contribution is 2.40. The zero-order valence-electron chi connectivity index (χ0n) is 23.6. The van der Waals surface area contributed by atoms with E-state index in [2.05, 4.69) is 10.6 Å². The SMILES string of the molecule is CCOc1ccc(C2C(C(=O)Nc3ccc(C)cc3C)=C(C)Nc3nc(SCc4ccccc4Cl)nn32)cc1OC. The number of amides is 1. The second-order valence-electron chi connectivity index (χ2n) is 9.72. The number of anilines is 2. The Bertz CT molecular complexity index is 1630. The van der Waals surface area contributed by atoms with Gasteiger partial charge in [0.1, 0.15) is 6.04 Å². The number of ether oxygens (including phenoxy) is 2. The van der Waals surface area contributed by atoms with Gasteiger partial charge in [0.25, 0.3) is 5.91 Å². The lowest BCUT2D eigenvalue weighted by atomic mass is 9.94. The van der Waals surface area contributed by atoms with Gasteiger partial charge in [-0.05, 0) is 68.7 Å². The van der Waals surface area contributed by atoms with E-state index in [0.29, 0.717) is 51.3 Å². The third-order valence-electron chi connectivity index (χ3n) is 6.83. The smallest absolute Gasteiger partial charge is 0.255 e. The molecule has 0 fully saturated rings. The highest BCUT2D eigenvalue weighted by Gasteiger charge is 2.35. The van der Waals surface area contributed by atoms with E-state index in [9.17, 15) is 4.79 Å². The number of nitrogens with one attached hydrogen (secondary N) is 2. The summed E-state index contributed by atoms with van der Waals surface area (Å²) in [6.07, 6.45) is 0. The van der Waals surface area contributed by atoms with Crippen molar-refractivity contribution in [3.8, 4) is 11.5 Å². The van der Waals surface area contributed by atoms with Gasteiger partial charge in [-0.1, -0.05) is 65.3 Å². The van der Waals surface area contributed by atoms with Crippen molar-refractivity contribution in [1.29, 1.82) is 0 Å². The first-order valence-corrected chi connectivity index (χ1v) is 14.6. The van der Waals surface area contributed by atoms with Gasteiger partial charge < -0.3 is 20.1 Å². The molecule has 41 heavy (non-hydrogen) atoms. The molecule has 1 aromatic heterocycles. The molecule has 3 aromatic carbocycles. The van der Waals surface area contributed by atoms with Gasteiger partial charge in [-0.2, -0.15) is 4.98 Å². The van der Waals surface area contributed by atoms with E-state index in [0.717, 1.165) is 27.9 Å². The van der Waals surface area contributed by atoms with Crippen molar-refractivity contribution in [2.24, 2.45) is 0 Å². The Morgan fingerprint density at radius 2 is 1.90 bits per heavy atom. The first kappa shape index (κ1) is 28.6. The number of hydrogen-bond acceptors (Lipinski definition) is 7. The number of fused-ring (bicyclic) bond motifs is 1. The summed E-state index contributed by atoms with van der Waals surface area (Å²) in [5, 5.41) is 12.5. The summed E-state index contributed by atoms with van der Waals surface area (Å²) < 4.78 is 13.2. The molecule has 0 bridgehead atoms. The Hall–Kier alpha value is -3.95. The fraction of sp³-hybridized carbons (Fsp3) is 0.258. The van der Waals surface area contributed by atoms with Crippen LogP contribution in [0.15, 0.2) is 77.1 Å². The van der Waals surface area contributed by atoms with Crippen molar-refractivity contribution in [1.82, 2.24) is 14.8 Å². The molecule has 10 heteroatoms. The van der Waals surface area contributed by atoms with E-state index in [4.69, 9.17) is 31.2 Å². The molecule has 0 aliphatic carbocycles. The summed E-state index contributed by atoms with van der Waals surface area (Å²) in [6, 6.07) is 18.8. The van der Waals surface area contributed by atoms with Gasteiger partial charge in [0.15, 0.2) is 11.5 Å². The third kappa shape index (κ3) is 6.06. The van der Waals surface area contributed by atoms with Gasteiger partial charge in [0.2, 0.25) is 11.1 Å². The Morgan fingerprint density at radius 1 is 1.10 bits per heavy atom. The maximum Gasteiger partial charge on any atom is 0.255 e. The molecule has 1 aliphatic rings. The van der Waals surface area contributed by atoms with Gasteiger partial charge in [0, 0.05) is 22.2 Å². The molecule has 4 aromatic rings. The van der Waals surface area contributed by atoms with E-state index in [1.807, 2.05) is 88.4 Å². The molecular formula is C31H32ClN5O3S. The van der Waals surface area contributed by atoms with Crippen LogP contribution in [0.1, 0.15) is 42.1 Å². The number of nitrogens with zero attached hydrogens (tertiary/aromatic N) is 3. The summed E-state index contributed by atoms with van der Waals surface area (Å²) >= 11 is 7.85. The highest BCUT2D eigenvalue weighted by molar-refractivity contribution is 7.98. The molecule has 2 N–H and O–H groups in total. The second kappa shape index (κ2) is 12.3. The van der Waals surface area contributed by atoms with Crippen molar-refractivity contribution >= 4 is 40.9 Å². The average Bonchev–Trinajstić information content (AvgIpc) is 3.36. The summed E-state index contributed by atoms with van der Waals surface area (Å²) in [6.45, 7) is 8.32. The van der Waals surface area contributed by atoms with Crippen molar-refractivity contribution in [3.05, 3.63) is 99.2 Å². The van der Waals surface area contributed by atoms with E-state index in [-0.39, 0.29) is 5.91 Å². The van der Waals surface area contributed by atoms with Crippen LogP contribution < -0.4 is 20.1 Å². The summed E-state index contributed by atoms with van der Waals surface area (Å²) in [5.41, 5.74) is 5.89. The highest BCUT2D eigenvalue weighted by atomic mass is 35.5. The monoisotopic (exact) mass is 589 g/mol. The maximum atomic E-state index is 13.9. The maximum absolute atomic E-state index is 13.9. The number of carbonyl (C=O) groups is 1. The lowest BCUT2D eigenvalue weighted by molar-refractivity contribution is -0.113. The predicted molar refractivity (Wildman–Crippen MR) is 164 cm³/mol. The molecule has 212 valence electrons. The first-order valence-electron chi connectivity index (χ1n) is 13.3.